The van der Waals surface area contributed by atoms with Gasteiger partial charge in [0.1, 0.15) is 4.87 Å². The third-order valence-corrected chi connectivity index (χ3v) is 5.05. The number of rotatable bonds is 2. The van der Waals surface area contributed by atoms with E-state index in [-0.39, 0.29) is 11.8 Å². The third kappa shape index (κ3) is 2.16. The van der Waals surface area contributed by atoms with E-state index in [2.05, 4.69) is 0 Å². The molecular formula is C8H6Cl6. The van der Waals surface area contributed by atoms with Crippen LogP contribution in [0, 0.1) is 0 Å². The first-order valence-electron chi connectivity index (χ1n) is 3.68. The van der Waals surface area contributed by atoms with Crippen molar-refractivity contribution in [2.45, 2.75) is 10.3 Å². The van der Waals surface area contributed by atoms with Gasteiger partial charge in [0.25, 0.3) is 0 Å². The molecule has 0 radical (unpaired) electrons. The van der Waals surface area contributed by atoms with Crippen molar-refractivity contribution in [3.63, 3.8) is 0 Å². The second kappa shape index (κ2) is 5.03. The molecule has 1 rings (SSSR count). The molecule has 6 heteroatoms. The van der Waals surface area contributed by atoms with E-state index in [9.17, 15) is 0 Å². The average Bonchev–Trinajstić information content (AvgIpc) is 2.15. The zero-order valence-corrected chi connectivity index (χ0v) is 11.4. The molecule has 0 heterocycles. The Hall–Kier alpha value is 1.22. The van der Waals surface area contributed by atoms with E-state index in [1.807, 2.05) is 0 Å². The van der Waals surface area contributed by atoms with Crippen LogP contribution in [0.2, 0.25) is 0 Å². The Morgan fingerprint density at radius 1 is 1.29 bits per heavy atom. The lowest BCUT2D eigenvalue weighted by atomic mass is 9.94. The number of hydrogen-bond acceptors (Lipinski definition) is 0. The maximum absolute atomic E-state index is 6.18. The SMILES string of the molecule is ClCC1=C(Cl)C=C(Cl)C(Cl)(CCl)C1Cl. The summed E-state index contributed by atoms with van der Waals surface area (Å²) in [6.07, 6.45) is 1.54. The summed E-state index contributed by atoms with van der Waals surface area (Å²) in [7, 11) is 0. The number of allylic oxidation sites excluding steroid dienone is 4. The molecule has 0 aromatic heterocycles. The van der Waals surface area contributed by atoms with E-state index in [4.69, 9.17) is 69.6 Å². The summed E-state index contributed by atoms with van der Waals surface area (Å²) in [6.45, 7) is 0. The van der Waals surface area contributed by atoms with Gasteiger partial charge in [0.15, 0.2) is 0 Å². The van der Waals surface area contributed by atoms with E-state index in [1.54, 1.807) is 0 Å². The number of hydrogen-bond donors (Lipinski definition) is 0. The highest BCUT2D eigenvalue weighted by molar-refractivity contribution is 6.48. The van der Waals surface area contributed by atoms with Crippen molar-refractivity contribution in [1.82, 2.24) is 0 Å². The maximum atomic E-state index is 6.18. The van der Waals surface area contributed by atoms with Crippen LogP contribution in [-0.4, -0.2) is 22.0 Å². The molecule has 0 aromatic carbocycles. The van der Waals surface area contributed by atoms with Crippen molar-refractivity contribution in [3.05, 3.63) is 21.7 Å². The Labute approximate surface area is 113 Å². The average molecular weight is 315 g/mol. The van der Waals surface area contributed by atoms with Gasteiger partial charge in [0.05, 0.1) is 5.38 Å². The second-order valence-electron chi connectivity index (χ2n) is 2.86. The Morgan fingerprint density at radius 3 is 2.29 bits per heavy atom. The molecule has 0 N–H and O–H groups in total. The van der Waals surface area contributed by atoms with Crippen molar-refractivity contribution in [2.24, 2.45) is 0 Å². The van der Waals surface area contributed by atoms with Crippen molar-refractivity contribution in [2.75, 3.05) is 11.8 Å². The Morgan fingerprint density at radius 2 is 1.86 bits per heavy atom. The van der Waals surface area contributed by atoms with Gasteiger partial charge < -0.3 is 0 Å². The fourth-order valence-electron chi connectivity index (χ4n) is 1.11. The largest absolute Gasteiger partial charge is 0.124 e. The zero-order valence-electron chi connectivity index (χ0n) is 6.84. The van der Waals surface area contributed by atoms with Crippen LogP contribution in [-0.2, 0) is 0 Å². The van der Waals surface area contributed by atoms with Gasteiger partial charge in [-0.05, 0) is 11.6 Å². The molecular weight excluding hydrogens is 309 g/mol. The van der Waals surface area contributed by atoms with Gasteiger partial charge in [-0.3, -0.25) is 0 Å². The summed E-state index contributed by atoms with van der Waals surface area (Å²) in [5.74, 6) is 0.307. The van der Waals surface area contributed by atoms with Crippen LogP contribution in [0.3, 0.4) is 0 Å². The van der Waals surface area contributed by atoms with Crippen LogP contribution in [0.4, 0.5) is 0 Å². The van der Waals surface area contributed by atoms with Crippen LogP contribution in [0.1, 0.15) is 0 Å². The van der Waals surface area contributed by atoms with E-state index < -0.39 is 10.3 Å². The summed E-state index contributed by atoms with van der Waals surface area (Å²) in [6, 6.07) is 0. The molecule has 0 fully saturated rings. The minimum absolute atomic E-state index is 0.0998. The quantitative estimate of drug-likeness (QED) is 0.649. The predicted molar refractivity (Wildman–Crippen MR) is 66.5 cm³/mol. The highest BCUT2D eigenvalue weighted by atomic mass is 35.5. The van der Waals surface area contributed by atoms with Crippen molar-refractivity contribution in [3.8, 4) is 0 Å². The summed E-state index contributed by atoms with van der Waals surface area (Å²) < 4.78 is 0. The first-order valence-corrected chi connectivity index (χ1v) is 6.32. The molecule has 1 aliphatic carbocycles. The van der Waals surface area contributed by atoms with Gasteiger partial charge in [-0.25, -0.2) is 0 Å². The number of halogens is 6. The van der Waals surface area contributed by atoms with Crippen LogP contribution in [0.15, 0.2) is 21.7 Å². The molecule has 80 valence electrons. The molecule has 0 saturated heterocycles. The van der Waals surface area contributed by atoms with Crippen molar-refractivity contribution < 1.29 is 0 Å². The minimum atomic E-state index is -1.01. The minimum Gasteiger partial charge on any atom is -0.124 e. The van der Waals surface area contributed by atoms with Gasteiger partial charge in [-0.2, -0.15) is 0 Å². The molecule has 0 amide bonds. The van der Waals surface area contributed by atoms with E-state index in [1.165, 1.54) is 6.08 Å². The molecule has 2 atom stereocenters. The lowest BCUT2D eigenvalue weighted by Gasteiger charge is -2.34. The van der Waals surface area contributed by atoms with E-state index in [0.717, 1.165) is 0 Å². The summed E-state index contributed by atoms with van der Waals surface area (Å²) >= 11 is 35.6. The van der Waals surface area contributed by atoms with Crippen LogP contribution in [0.25, 0.3) is 0 Å². The molecule has 0 spiro atoms. The topological polar surface area (TPSA) is 0 Å². The van der Waals surface area contributed by atoms with Crippen LogP contribution >= 0.6 is 69.6 Å². The fourth-order valence-corrected chi connectivity index (χ4v) is 3.31. The second-order valence-corrected chi connectivity index (χ2v) is 5.32. The Kier molecular flexibility index (Phi) is 4.78. The summed E-state index contributed by atoms with van der Waals surface area (Å²) in [4.78, 5) is -1.01. The first-order chi connectivity index (χ1) is 6.47. The lowest BCUT2D eigenvalue weighted by Crippen LogP contribution is -2.39. The monoisotopic (exact) mass is 312 g/mol. The highest BCUT2D eigenvalue weighted by Gasteiger charge is 2.43. The molecule has 1 aliphatic rings. The molecule has 0 bridgehead atoms. The smallest absolute Gasteiger partial charge is 0.114 e. The molecule has 0 aliphatic heterocycles. The number of alkyl halides is 4. The fraction of sp³-hybridized carbons (Fsp3) is 0.500. The van der Waals surface area contributed by atoms with Gasteiger partial charge in [0.2, 0.25) is 0 Å². The Balaban J connectivity index is 3.18. The third-order valence-electron chi connectivity index (χ3n) is 2.00. The van der Waals surface area contributed by atoms with Crippen LogP contribution in [0.5, 0.6) is 0 Å². The zero-order chi connectivity index (χ0) is 10.9. The maximum Gasteiger partial charge on any atom is 0.114 e. The van der Waals surface area contributed by atoms with Gasteiger partial charge in [-0.1, -0.05) is 23.2 Å². The van der Waals surface area contributed by atoms with Gasteiger partial charge in [0, 0.05) is 21.8 Å². The molecule has 14 heavy (non-hydrogen) atoms. The lowest BCUT2D eigenvalue weighted by molar-refractivity contribution is 0.750. The van der Waals surface area contributed by atoms with Crippen molar-refractivity contribution in [1.29, 1.82) is 0 Å². The van der Waals surface area contributed by atoms with Crippen LogP contribution < -0.4 is 0 Å². The van der Waals surface area contributed by atoms with Gasteiger partial charge >= 0.3 is 0 Å². The summed E-state index contributed by atoms with van der Waals surface area (Å²) in [5, 5.41) is 0.198. The van der Waals surface area contributed by atoms with Crippen molar-refractivity contribution >= 4 is 69.6 Å². The van der Waals surface area contributed by atoms with Gasteiger partial charge in [-0.15, -0.1) is 46.4 Å². The predicted octanol–water partition coefficient (Wildman–Crippen LogP) is 4.68. The highest BCUT2D eigenvalue weighted by Crippen LogP contribution is 2.45. The van der Waals surface area contributed by atoms with E-state index in [0.29, 0.717) is 15.6 Å². The summed E-state index contributed by atoms with van der Waals surface area (Å²) in [5.41, 5.74) is 0.648. The molecule has 0 nitrogen and oxygen atoms in total. The first kappa shape index (κ1) is 13.3. The molecule has 0 saturated carbocycles. The standard InChI is InChI=1S/C8H6Cl6/c9-2-4-5(11)1-6(12)8(14,3-10)7(4)13/h1,7H,2-3H2. The normalized spacial score (nSPS) is 33.3. The molecule has 2 unspecified atom stereocenters. The Bertz CT molecular complexity index is 294. The van der Waals surface area contributed by atoms with E-state index >= 15 is 0 Å². The molecule has 0 aromatic rings.